The van der Waals surface area contributed by atoms with E-state index in [9.17, 15) is 4.79 Å². The first kappa shape index (κ1) is 14.1. The standard InChI is InChI=1S/C16H15N5OS/c22-15(20-9-3-6-12-5-1-2-7-13(12)20)11-21-18-16(17-19-21)14-8-4-10-23-14/h1-2,4-5,7-8,10H,3,6,9,11H2. The first-order chi connectivity index (χ1) is 11.3. The van der Waals surface area contributed by atoms with E-state index in [1.54, 1.807) is 11.3 Å². The molecule has 116 valence electrons. The van der Waals surface area contributed by atoms with Crippen LogP contribution in [0.3, 0.4) is 0 Å². The van der Waals surface area contributed by atoms with E-state index >= 15 is 0 Å². The van der Waals surface area contributed by atoms with Crippen LogP contribution in [0.1, 0.15) is 12.0 Å². The lowest BCUT2D eigenvalue weighted by molar-refractivity contribution is -0.119. The van der Waals surface area contributed by atoms with Gasteiger partial charge in [0.05, 0.1) is 4.88 Å². The summed E-state index contributed by atoms with van der Waals surface area (Å²) >= 11 is 1.55. The molecule has 2 aromatic heterocycles. The van der Waals surface area contributed by atoms with Crippen molar-refractivity contribution in [3.63, 3.8) is 0 Å². The number of fused-ring (bicyclic) bond motifs is 1. The van der Waals surface area contributed by atoms with Gasteiger partial charge in [-0.3, -0.25) is 4.79 Å². The number of para-hydroxylation sites is 1. The summed E-state index contributed by atoms with van der Waals surface area (Å²) < 4.78 is 0. The number of hydrogen-bond acceptors (Lipinski definition) is 5. The molecule has 7 heteroatoms. The van der Waals surface area contributed by atoms with Gasteiger partial charge in [-0.1, -0.05) is 24.3 Å². The highest BCUT2D eigenvalue weighted by Gasteiger charge is 2.23. The van der Waals surface area contributed by atoms with Crippen molar-refractivity contribution in [3.8, 4) is 10.7 Å². The molecule has 3 heterocycles. The number of tetrazole rings is 1. The zero-order valence-corrected chi connectivity index (χ0v) is 13.2. The molecule has 0 unspecified atom stereocenters. The van der Waals surface area contributed by atoms with Crippen LogP contribution in [0.5, 0.6) is 0 Å². The Bertz CT molecular complexity index is 827. The lowest BCUT2D eigenvalue weighted by Gasteiger charge is -2.29. The summed E-state index contributed by atoms with van der Waals surface area (Å²) in [5.74, 6) is 0.555. The zero-order valence-electron chi connectivity index (χ0n) is 12.4. The SMILES string of the molecule is O=C(Cn1nnc(-c2cccs2)n1)N1CCCc2ccccc21. The van der Waals surface area contributed by atoms with Gasteiger partial charge in [0.25, 0.3) is 5.91 Å². The highest BCUT2D eigenvalue weighted by molar-refractivity contribution is 7.13. The summed E-state index contributed by atoms with van der Waals surface area (Å²) in [5, 5.41) is 14.3. The van der Waals surface area contributed by atoms with E-state index in [-0.39, 0.29) is 12.5 Å². The van der Waals surface area contributed by atoms with Gasteiger partial charge in [0.15, 0.2) is 0 Å². The molecule has 1 aliphatic rings. The number of anilines is 1. The van der Waals surface area contributed by atoms with E-state index in [2.05, 4.69) is 21.5 Å². The maximum atomic E-state index is 12.6. The maximum absolute atomic E-state index is 12.6. The molecule has 0 atom stereocenters. The van der Waals surface area contributed by atoms with Gasteiger partial charge in [0, 0.05) is 12.2 Å². The second kappa shape index (κ2) is 5.92. The fraction of sp³-hybridized carbons (Fsp3) is 0.250. The van der Waals surface area contributed by atoms with Crippen molar-refractivity contribution >= 4 is 22.9 Å². The summed E-state index contributed by atoms with van der Waals surface area (Å²) in [6.07, 6.45) is 2.00. The van der Waals surface area contributed by atoms with Crippen LogP contribution in [-0.2, 0) is 17.8 Å². The van der Waals surface area contributed by atoms with Crippen LogP contribution in [0, 0.1) is 0 Å². The highest BCUT2D eigenvalue weighted by Crippen LogP contribution is 2.27. The minimum Gasteiger partial charge on any atom is -0.310 e. The number of carbonyl (C=O) groups excluding carboxylic acids is 1. The largest absolute Gasteiger partial charge is 0.310 e. The normalized spacial score (nSPS) is 13.8. The molecule has 4 rings (SSSR count). The number of aromatic nitrogens is 4. The van der Waals surface area contributed by atoms with E-state index in [1.165, 1.54) is 10.4 Å². The van der Waals surface area contributed by atoms with Crippen molar-refractivity contribution in [3.05, 3.63) is 47.3 Å². The van der Waals surface area contributed by atoms with Crippen molar-refractivity contribution in [2.24, 2.45) is 0 Å². The van der Waals surface area contributed by atoms with Crippen molar-refractivity contribution in [1.82, 2.24) is 20.2 Å². The predicted molar refractivity (Wildman–Crippen MR) is 88.2 cm³/mol. The Balaban J connectivity index is 1.53. The van der Waals surface area contributed by atoms with Crippen LogP contribution in [0.15, 0.2) is 41.8 Å². The van der Waals surface area contributed by atoms with Crippen LogP contribution in [-0.4, -0.2) is 32.7 Å². The number of aryl methyl sites for hydroxylation is 1. The van der Waals surface area contributed by atoms with Crippen molar-refractivity contribution < 1.29 is 4.79 Å². The Kier molecular flexibility index (Phi) is 3.63. The number of benzene rings is 1. The van der Waals surface area contributed by atoms with E-state index in [1.807, 2.05) is 40.6 Å². The molecule has 0 spiro atoms. The third-order valence-corrected chi connectivity index (χ3v) is 4.75. The van der Waals surface area contributed by atoms with Gasteiger partial charge in [-0.15, -0.1) is 21.5 Å². The second-order valence-corrected chi connectivity index (χ2v) is 6.35. The number of nitrogens with zero attached hydrogens (tertiary/aromatic N) is 5. The van der Waals surface area contributed by atoms with E-state index < -0.39 is 0 Å². The van der Waals surface area contributed by atoms with Gasteiger partial charge in [-0.2, -0.15) is 4.80 Å². The smallest absolute Gasteiger partial charge is 0.250 e. The van der Waals surface area contributed by atoms with Crippen LogP contribution >= 0.6 is 11.3 Å². The first-order valence-electron chi connectivity index (χ1n) is 7.51. The molecule has 1 aromatic carbocycles. The fourth-order valence-electron chi connectivity index (χ4n) is 2.81. The van der Waals surface area contributed by atoms with Gasteiger partial charge in [0.2, 0.25) is 5.82 Å². The number of rotatable bonds is 3. The molecule has 0 saturated carbocycles. The Labute approximate surface area is 137 Å². The van der Waals surface area contributed by atoms with Crippen molar-refractivity contribution in [2.75, 3.05) is 11.4 Å². The van der Waals surface area contributed by atoms with Crippen molar-refractivity contribution in [1.29, 1.82) is 0 Å². The Morgan fingerprint density at radius 2 is 2.13 bits per heavy atom. The molecule has 1 aliphatic heterocycles. The molecule has 0 N–H and O–H groups in total. The fourth-order valence-corrected chi connectivity index (χ4v) is 3.46. The van der Waals surface area contributed by atoms with Crippen LogP contribution in [0.2, 0.25) is 0 Å². The Morgan fingerprint density at radius 1 is 1.22 bits per heavy atom. The van der Waals surface area contributed by atoms with Crippen molar-refractivity contribution in [2.45, 2.75) is 19.4 Å². The molecule has 1 amide bonds. The van der Waals surface area contributed by atoms with Gasteiger partial charge in [-0.25, -0.2) is 0 Å². The number of thiophene rings is 1. The zero-order chi connectivity index (χ0) is 15.6. The average Bonchev–Trinajstić information content (AvgIpc) is 3.25. The quantitative estimate of drug-likeness (QED) is 0.742. The molecule has 0 bridgehead atoms. The second-order valence-electron chi connectivity index (χ2n) is 5.40. The highest BCUT2D eigenvalue weighted by atomic mass is 32.1. The number of carbonyl (C=O) groups is 1. The van der Waals surface area contributed by atoms with Gasteiger partial charge < -0.3 is 4.90 Å². The molecular formula is C16H15N5OS. The summed E-state index contributed by atoms with van der Waals surface area (Å²) in [6, 6.07) is 11.9. The molecule has 3 aromatic rings. The van der Waals surface area contributed by atoms with E-state index in [0.29, 0.717) is 5.82 Å². The van der Waals surface area contributed by atoms with Crippen LogP contribution in [0.4, 0.5) is 5.69 Å². The summed E-state index contributed by atoms with van der Waals surface area (Å²) in [4.78, 5) is 16.8. The summed E-state index contributed by atoms with van der Waals surface area (Å²) in [5.41, 5.74) is 2.22. The minimum atomic E-state index is -0.00715. The van der Waals surface area contributed by atoms with Crippen LogP contribution in [0.25, 0.3) is 10.7 Å². The number of hydrogen-bond donors (Lipinski definition) is 0. The predicted octanol–water partition coefficient (Wildman–Crippen LogP) is 2.38. The molecule has 0 saturated heterocycles. The minimum absolute atomic E-state index is 0.00715. The molecule has 23 heavy (non-hydrogen) atoms. The average molecular weight is 325 g/mol. The Hall–Kier alpha value is -2.54. The van der Waals surface area contributed by atoms with E-state index in [4.69, 9.17) is 0 Å². The molecule has 0 radical (unpaired) electrons. The van der Waals surface area contributed by atoms with Crippen LogP contribution < -0.4 is 4.90 Å². The lowest BCUT2D eigenvalue weighted by atomic mass is 10.0. The summed E-state index contributed by atoms with van der Waals surface area (Å²) in [6.45, 7) is 0.842. The molecule has 0 aliphatic carbocycles. The first-order valence-corrected chi connectivity index (χ1v) is 8.39. The Morgan fingerprint density at radius 3 is 3.00 bits per heavy atom. The van der Waals surface area contributed by atoms with Gasteiger partial charge in [-0.05, 0) is 41.1 Å². The lowest BCUT2D eigenvalue weighted by Crippen LogP contribution is -2.38. The topological polar surface area (TPSA) is 63.9 Å². The maximum Gasteiger partial charge on any atom is 0.250 e. The molecule has 0 fully saturated rings. The molecule has 6 nitrogen and oxygen atoms in total. The third-order valence-electron chi connectivity index (χ3n) is 3.88. The van der Waals surface area contributed by atoms with Gasteiger partial charge >= 0.3 is 0 Å². The number of amides is 1. The third kappa shape index (κ3) is 2.75. The monoisotopic (exact) mass is 325 g/mol. The van der Waals surface area contributed by atoms with Gasteiger partial charge in [0.1, 0.15) is 6.54 Å². The van der Waals surface area contributed by atoms with E-state index in [0.717, 1.165) is 30.0 Å². The molecular weight excluding hydrogens is 310 g/mol. The summed E-state index contributed by atoms with van der Waals surface area (Å²) in [7, 11) is 0.